The van der Waals surface area contributed by atoms with Crippen LogP contribution in [0.4, 0.5) is 5.69 Å². The number of nitrogens with zero attached hydrogens (tertiary/aromatic N) is 2. The molecule has 2 heterocycles. The van der Waals surface area contributed by atoms with Gasteiger partial charge in [-0.05, 0) is 31.2 Å². The Morgan fingerprint density at radius 3 is 2.52 bits per heavy atom. The molecule has 134 valence electrons. The summed E-state index contributed by atoms with van der Waals surface area (Å²) in [6.07, 6.45) is 2.78. The van der Waals surface area contributed by atoms with Crippen molar-refractivity contribution in [1.29, 1.82) is 0 Å². The molecule has 7 heteroatoms. The summed E-state index contributed by atoms with van der Waals surface area (Å²) in [6.45, 7) is 1.71. The molecule has 0 bridgehead atoms. The van der Waals surface area contributed by atoms with Crippen molar-refractivity contribution in [2.75, 3.05) is 5.01 Å². The van der Waals surface area contributed by atoms with Crippen LogP contribution in [-0.2, 0) is 4.79 Å². The predicted molar refractivity (Wildman–Crippen MR) is 108 cm³/mol. The molecule has 0 saturated heterocycles. The predicted octanol–water partition coefficient (Wildman–Crippen LogP) is 4.91. The number of anilines is 1. The number of benzene rings is 2. The molecule has 0 spiro atoms. The molecule has 0 unspecified atom stereocenters. The van der Waals surface area contributed by atoms with Gasteiger partial charge in [-0.3, -0.25) is 9.59 Å². The minimum Gasteiger partial charge on any atom is -0.463 e. The van der Waals surface area contributed by atoms with Crippen LogP contribution in [0.1, 0.15) is 12.5 Å². The fourth-order valence-electron chi connectivity index (χ4n) is 2.82. The van der Waals surface area contributed by atoms with Gasteiger partial charge in [0.15, 0.2) is 5.43 Å². The molecule has 0 radical (unpaired) electrons. The van der Waals surface area contributed by atoms with E-state index < -0.39 is 0 Å². The Labute approximate surface area is 164 Å². The third-order valence-electron chi connectivity index (χ3n) is 4.21. The van der Waals surface area contributed by atoms with Crippen LogP contribution < -0.4 is 10.4 Å². The van der Waals surface area contributed by atoms with E-state index in [4.69, 9.17) is 27.6 Å². The van der Waals surface area contributed by atoms with E-state index in [0.29, 0.717) is 33.0 Å². The normalized spacial score (nSPS) is 15.7. The largest absolute Gasteiger partial charge is 0.463 e. The highest BCUT2D eigenvalue weighted by Gasteiger charge is 2.29. The zero-order valence-corrected chi connectivity index (χ0v) is 15.6. The number of amides is 1. The minimum absolute atomic E-state index is 0.230. The van der Waals surface area contributed by atoms with Gasteiger partial charge in [-0.2, -0.15) is 10.1 Å². The van der Waals surface area contributed by atoms with Crippen LogP contribution >= 0.6 is 23.2 Å². The van der Waals surface area contributed by atoms with Gasteiger partial charge < -0.3 is 4.42 Å². The maximum Gasteiger partial charge on any atom is 0.280 e. The Balaban J connectivity index is 1.79. The summed E-state index contributed by atoms with van der Waals surface area (Å²) in [5, 5.41) is 6.45. The molecule has 5 nitrogen and oxygen atoms in total. The molecule has 3 aromatic rings. The van der Waals surface area contributed by atoms with Gasteiger partial charge in [-0.1, -0.05) is 41.4 Å². The molecular weight excluding hydrogens is 387 g/mol. The zero-order valence-electron chi connectivity index (χ0n) is 14.1. The van der Waals surface area contributed by atoms with Gasteiger partial charge in [0.1, 0.15) is 11.8 Å². The van der Waals surface area contributed by atoms with Crippen LogP contribution in [0.3, 0.4) is 0 Å². The first-order valence-electron chi connectivity index (χ1n) is 8.03. The third-order valence-corrected chi connectivity index (χ3v) is 4.93. The summed E-state index contributed by atoms with van der Waals surface area (Å²) in [7, 11) is 0. The van der Waals surface area contributed by atoms with Crippen LogP contribution in [-0.4, -0.2) is 11.6 Å². The van der Waals surface area contributed by atoms with Crippen molar-refractivity contribution in [3.63, 3.8) is 0 Å². The molecule has 1 aliphatic rings. The highest BCUT2D eigenvalue weighted by molar-refractivity contribution is 6.42. The first-order chi connectivity index (χ1) is 13.0. The molecule has 1 aromatic heterocycles. The van der Waals surface area contributed by atoms with Crippen molar-refractivity contribution in [2.24, 2.45) is 5.10 Å². The lowest BCUT2D eigenvalue weighted by atomic mass is 10.1. The molecule has 1 amide bonds. The number of carbonyl (C=O) groups excluding carboxylic acids is 1. The fourth-order valence-corrected chi connectivity index (χ4v) is 3.14. The fraction of sp³-hybridized carbons (Fsp3) is 0.0500. The SMILES string of the molecule is CC1=NN(c2ccccc2)C(=O)/C1=C/c1coc2cc(Cl)c(Cl)cc2c1=O. The van der Waals surface area contributed by atoms with E-state index in [9.17, 15) is 9.59 Å². The Kier molecular flexibility index (Phi) is 4.34. The number of hydrazone groups is 1. The van der Waals surface area contributed by atoms with Crippen LogP contribution in [0.25, 0.3) is 17.0 Å². The second-order valence-corrected chi connectivity index (χ2v) is 6.79. The van der Waals surface area contributed by atoms with Gasteiger partial charge >= 0.3 is 0 Å². The number of fused-ring (bicyclic) bond motifs is 1. The molecule has 27 heavy (non-hydrogen) atoms. The maximum atomic E-state index is 12.8. The highest BCUT2D eigenvalue weighted by atomic mass is 35.5. The van der Waals surface area contributed by atoms with E-state index in [1.54, 1.807) is 19.1 Å². The van der Waals surface area contributed by atoms with Crippen LogP contribution in [0, 0.1) is 0 Å². The number of carbonyl (C=O) groups is 1. The average Bonchev–Trinajstić information content (AvgIpc) is 2.94. The van der Waals surface area contributed by atoms with Gasteiger partial charge in [0.2, 0.25) is 0 Å². The number of hydrogen-bond donors (Lipinski definition) is 0. The lowest BCUT2D eigenvalue weighted by Gasteiger charge is -2.11. The van der Waals surface area contributed by atoms with Gasteiger partial charge in [-0.15, -0.1) is 0 Å². The second kappa shape index (κ2) is 6.68. The van der Waals surface area contributed by atoms with Crippen molar-refractivity contribution >= 4 is 57.6 Å². The highest BCUT2D eigenvalue weighted by Crippen LogP contribution is 2.28. The lowest BCUT2D eigenvalue weighted by molar-refractivity contribution is -0.114. The quantitative estimate of drug-likeness (QED) is 0.576. The standard InChI is InChI=1S/C20H12Cl2N2O3/c1-11-14(20(26)24(23-11)13-5-3-2-4-6-13)7-12-10-27-18-9-17(22)16(21)8-15(18)19(12)25/h2-10H,1H3/b14-7+. The van der Waals surface area contributed by atoms with Gasteiger partial charge in [0.05, 0.1) is 38.0 Å². The summed E-state index contributed by atoms with van der Waals surface area (Å²) < 4.78 is 5.50. The lowest BCUT2D eigenvalue weighted by Crippen LogP contribution is -2.21. The van der Waals surface area contributed by atoms with Crippen molar-refractivity contribution in [3.8, 4) is 0 Å². The first-order valence-corrected chi connectivity index (χ1v) is 8.78. The van der Waals surface area contributed by atoms with Crippen molar-refractivity contribution in [1.82, 2.24) is 0 Å². The summed E-state index contributed by atoms with van der Waals surface area (Å²) in [4.78, 5) is 25.5. The minimum atomic E-state index is -0.313. The number of rotatable bonds is 2. The van der Waals surface area contributed by atoms with Crippen LogP contribution in [0.2, 0.25) is 10.0 Å². The average molecular weight is 399 g/mol. The smallest absolute Gasteiger partial charge is 0.280 e. The van der Waals surface area contributed by atoms with Gasteiger partial charge in [0, 0.05) is 6.07 Å². The molecule has 0 atom stereocenters. The first kappa shape index (κ1) is 17.5. The van der Waals surface area contributed by atoms with E-state index in [2.05, 4.69) is 5.10 Å². The molecule has 0 N–H and O–H groups in total. The van der Waals surface area contributed by atoms with E-state index in [1.165, 1.54) is 29.5 Å². The third kappa shape index (κ3) is 3.05. The number of halogens is 2. The summed E-state index contributed by atoms with van der Waals surface area (Å²) >= 11 is 12.0. The van der Waals surface area contributed by atoms with Crippen molar-refractivity contribution in [2.45, 2.75) is 6.92 Å². The van der Waals surface area contributed by atoms with Gasteiger partial charge in [-0.25, -0.2) is 0 Å². The number of hydrogen-bond acceptors (Lipinski definition) is 4. The molecule has 1 aliphatic heterocycles. The van der Waals surface area contributed by atoms with Crippen molar-refractivity contribution < 1.29 is 9.21 Å². The summed E-state index contributed by atoms with van der Waals surface area (Å²) in [5.41, 5.74) is 1.74. The van der Waals surface area contributed by atoms with Crippen molar-refractivity contribution in [3.05, 3.63) is 80.1 Å². The zero-order chi connectivity index (χ0) is 19.1. The Hall–Kier alpha value is -2.89. The van der Waals surface area contributed by atoms with E-state index in [1.807, 2.05) is 18.2 Å². The Morgan fingerprint density at radius 2 is 1.78 bits per heavy atom. The van der Waals surface area contributed by atoms with E-state index in [-0.39, 0.29) is 21.9 Å². The monoisotopic (exact) mass is 398 g/mol. The summed E-state index contributed by atoms with van der Waals surface area (Å²) in [5.74, 6) is -0.313. The molecule has 0 fully saturated rings. The molecule has 0 saturated carbocycles. The summed E-state index contributed by atoms with van der Waals surface area (Å²) in [6, 6.07) is 12.0. The maximum absolute atomic E-state index is 12.8. The molecular formula is C20H12Cl2N2O3. The van der Waals surface area contributed by atoms with E-state index in [0.717, 1.165) is 0 Å². The van der Waals surface area contributed by atoms with Crippen LogP contribution in [0.5, 0.6) is 0 Å². The molecule has 0 aliphatic carbocycles. The van der Waals surface area contributed by atoms with E-state index >= 15 is 0 Å². The van der Waals surface area contributed by atoms with Gasteiger partial charge in [0.25, 0.3) is 5.91 Å². The molecule has 4 rings (SSSR count). The van der Waals surface area contributed by atoms with Crippen LogP contribution in [0.15, 0.2) is 68.6 Å². The topological polar surface area (TPSA) is 62.9 Å². The second-order valence-electron chi connectivity index (χ2n) is 5.98. The Bertz CT molecular complexity index is 1200. The Morgan fingerprint density at radius 1 is 1.07 bits per heavy atom. The number of para-hydroxylation sites is 1. The molecule has 2 aromatic carbocycles.